The highest BCUT2D eigenvalue weighted by Gasteiger charge is 2.27. The molecule has 0 amide bonds. The van der Waals surface area contributed by atoms with Gasteiger partial charge in [0.1, 0.15) is 0 Å². The van der Waals surface area contributed by atoms with E-state index in [4.69, 9.17) is 4.74 Å². The molecule has 0 unspecified atom stereocenters. The van der Waals surface area contributed by atoms with E-state index in [2.05, 4.69) is 20.8 Å². The summed E-state index contributed by atoms with van der Waals surface area (Å²) in [5.41, 5.74) is 0. The lowest BCUT2D eigenvalue weighted by Gasteiger charge is -2.20. The van der Waals surface area contributed by atoms with Crippen LogP contribution < -0.4 is 0 Å². The van der Waals surface area contributed by atoms with Crippen molar-refractivity contribution >= 4 is 15.9 Å². The minimum absolute atomic E-state index is 0.903. The highest BCUT2D eigenvalue weighted by Crippen LogP contribution is 2.26. The number of halogens is 1. The maximum atomic E-state index is 5.03. The SMILES string of the molecule is COCCCCN(CCBr)C1CC1. The number of alkyl halides is 1. The largest absolute Gasteiger partial charge is 0.385 e. The van der Waals surface area contributed by atoms with Crippen molar-refractivity contribution in [2.45, 2.75) is 31.7 Å². The van der Waals surface area contributed by atoms with Gasteiger partial charge in [-0.05, 0) is 32.2 Å². The maximum absolute atomic E-state index is 5.03. The zero-order chi connectivity index (χ0) is 9.52. The molecular formula is C10H20BrNO. The average Bonchev–Trinajstić information content (AvgIpc) is 2.93. The van der Waals surface area contributed by atoms with Gasteiger partial charge in [-0.15, -0.1) is 0 Å². The minimum atomic E-state index is 0.903. The Bertz CT molecular complexity index is 128. The fourth-order valence-corrected chi connectivity index (χ4v) is 2.04. The van der Waals surface area contributed by atoms with Crippen LogP contribution in [0.1, 0.15) is 25.7 Å². The first-order chi connectivity index (χ1) is 6.38. The molecule has 0 aromatic heterocycles. The highest BCUT2D eigenvalue weighted by molar-refractivity contribution is 9.09. The zero-order valence-electron chi connectivity index (χ0n) is 8.47. The lowest BCUT2D eigenvalue weighted by molar-refractivity contribution is 0.183. The Labute approximate surface area is 89.8 Å². The van der Waals surface area contributed by atoms with Gasteiger partial charge in [0.25, 0.3) is 0 Å². The molecule has 0 aromatic rings. The zero-order valence-corrected chi connectivity index (χ0v) is 10.1. The standard InChI is InChI=1S/C10H20BrNO/c1-13-9-3-2-7-12(8-6-11)10-4-5-10/h10H,2-9H2,1H3. The van der Waals surface area contributed by atoms with Crippen LogP contribution in [0.15, 0.2) is 0 Å². The Morgan fingerprint density at radius 3 is 2.62 bits per heavy atom. The Morgan fingerprint density at radius 1 is 1.31 bits per heavy atom. The summed E-state index contributed by atoms with van der Waals surface area (Å²) in [7, 11) is 1.77. The number of unbranched alkanes of at least 4 members (excludes halogenated alkanes) is 1. The van der Waals surface area contributed by atoms with Crippen LogP contribution in [-0.2, 0) is 4.74 Å². The van der Waals surface area contributed by atoms with Crippen molar-refractivity contribution in [2.24, 2.45) is 0 Å². The van der Waals surface area contributed by atoms with E-state index in [1.165, 1.54) is 38.8 Å². The molecule has 3 heteroatoms. The van der Waals surface area contributed by atoms with E-state index in [-0.39, 0.29) is 0 Å². The molecule has 2 nitrogen and oxygen atoms in total. The summed E-state index contributed by atoms with van der Waals surface area (Å²) in [5, 5.41) is 1.10. The number of ether oxygens (including phenoxy) is 1. The quantitative estimate of drug-likeness (QED) is 0.484. The monoisotopic (exact) mass is 249 g/mol. The van der Waals surface area contributed by atoms with Crippen LogP contribution in [0.5, 0.6) is 0 Å². The van der Waals surface area contributed by atoms with Crippen molar-refractivity contribution in [3.8, 4) is 0 Å². The van der Waals surface area contributed by atoms with Crippen LogP contribution in [0.3, 0.4) is 0 Å². The molecular weight excluding hydrogens is 230 g/mol. The first-order valence-corrected chi connectivity index (χ1v) is 6.29. The Hall–Kier alpha value is 0.400. The third kappa shape index (κ3) is 4.99. The second-order valence-electron chi connectivity index (χ2n) is 3.66. The van der Waals surface area contributed by atoms with Gasteiger partial charge in [0, 0.05) is 31.6 Å². The molecule has 78 valence electrons. The van der Waals surface area contributed by atoms with Crippen molar-refractivity contribution in [3.63, 3.8) is 0 Å². The second kappa shape index (κ2) is 6.80. The first kappa shape index (κ1) is 11.5. The second-order valence-corrected chi connectivity index (χ2v) is 4.45. The lowest BCUT2D eigenvalue weighted by Crippen LogP contribution is -2.29. The fourth-order valence-electron chi connectivity index (χ4n) is 1.59. The van der Waals surface area contributed by atoms with Crippen LogP contribution in [0.4, 0.5) is 0 Å². The maximum Gasteiger partial charge on any atom is 0.0462 e. The summed E-state index contributed by atoms with van der Waals surface area (Å²) >= 11 is 3.50. The van der Waals surface area contributed by atoms with Crippen LogP contribution in [0.25, 0.3) is 0 Å². The van der Waals surface area contributed by atoms with E-state index in [1.807, 2.05) is 0 Å². The van der Waals surface area contributed by atoms with Gasteiger partial charge in [0.2, 0.25) is 0 Å². The molecule has 1 aliphatic carbocycles. The molecule has 0 aromatic carbocycles. The molecule has 0 N–H and O–H groups in total. The highest BCUT2D eigenvalue weighted by atomic mass is 79.9. The van der Waals surface area contributed by atoms with Gasteiger partial charge in [0.15, 0.2) is 0 Å². The van der Waals surface area contributed by atoms with Crippen molar-refractivity contribution < 1.29 is 4.74 Å². The van der Waals surface area contributed by atoms with Gasteiger partial charge in [0.05, 0.1) is 0 Å². The minimum Gasteiger partial charge on any atom is -0.385 e. The molecule has 0 atom stereocenters. The van der Waals surface area contributed by atoms with Crippen LogP contribution in [-0.4, -0.2) is 43.1 Å². The number of hydrogen-bond donors (Lipinski definition) is 0. The summed E-state index contributed by atoms with van der Waals surface area (Å²) < 4.78 is 5.03. The molecule has 13 heavy (non-hydrogen) atoms. The molecule has 0 aliphatic heterocycles. The normalized spacial score (nSPS) is 16.8. The van der Waals surface area contributed by atoms with E-state index < -0.39 is 0 Å². The lowest BCUT2D eigenvalue weighted by atomic mass is 10.3. The molecule has 0 radical (unpaired) electrons. The van der Waals surface area contributed by atoms with Gasteiger partial charge in [-0.1, -0.05) is 15.9 Å². The van der Waals surface area contributed by atoms with Crippen LogP contribution >= 0.6 is 15.9 Å². The summed E-state index contributed by atoms with van der Waals surface area (Å²) in [6.07, 6.45) is 5.30. The van der Waals surface area contributed by atoms with Gasteiger partial charge < -0.3 is 4.74 Å². The number of methoxy groups -OCH3 is 1. The van der Waals surface area contributed by atoms with Crippen LogP contribution in [0.2, 0.25) is 0 Å². The Balaban J connectivity index is 2.00. The van der Waals surface area contributed by atoms with Gasteiger partial charge in [-0.3, -0.25) is 4.90 Å². The molecule has 1 fully saturated rings. The first-order valence-electron chi connectivity index (χ1n) is 5.17. The fraction of sp³-hybridized carbons (Fsp3) is 1.00. The number of rotatable bonds is 8. The van der Waals surface area contributed by atoms with Crippen LogP contribution in [0, 0.1) is 0 Å². The summed E-state index contributed by atoms with van der Waals surface area (Å²) in [6, 6.07) is 0.903. The van der Waals surface area contributed by atoms with Gasteiger partial charge >= 0.3 is 0 Å². The summed E-state index contributed by atoms with van der Waals surface area (Å²) in [4.78, 5) is 2.60. The molecule has 0 bridgehead atoms. The van der Waals surface area contributed by atoms with Gasteiger partial charge in [-0.2, -0.15) is 0 Å². The predicted octanol–water partition coefficient (Wildman–Crippen LogP) is 2.27. The summed E-state index contributed by atoms with van der Waals surface area (Å²) in [5.74, 6) is 0. The van der Waals surface area contributed by atoms with E-state index in [0.717, 1.165) is 18.0 Å². The van der Waals surface area contributed by atoms with Crippen molar-refractivity contribution in [1.29, 1.82) is 0 Å². The molecule has 1 aliphatic rings. The molecule has 1 rings (SSSR count). The van der Waals surface area contributed by atoms with E-state index in [9.17, 15) is 0 Å². The van der Waals surface area contributed by atoms with E-state index >= 15 is 0 Å². The van der Waals surface area contributed by atoms with Crippen molar-refractivity contribution in [1.82, 2.24) is 4.90 Å². The average molecular weight is 250 g/mol. The molecule has 0 heterocycles. The Morgan fingerprint density at radius 2 is 2.08 bits per heavy atom. The number of nitrogens with zero attached hydrogens (tertiary/aromatic N) is 1. The topological polar surface area (TPSA) is 12.5 Å². The predicted molar refractivity (Wildman–Crippen MR) is 59.5 cm³/mol. The van der Waals surface area contributed by atoms with Gasteiger partial charge in [-0.25, -0.2) is 0 Å². The number of hydrogen-bond acceptors (Lipinski definition) is 2. The molecule has 0 saturated heterocycles. The molecule has 0 spiro atoms. The third-order valence-corrected chi connectivity index (χ3v) is 2.83. The smallest absolute Gasteiger partial charge is 0.0462 e. The van der Waals surface area contributed by atoms with E-state index in [1.54, 1.807) is 7.11 Å². The van der Waals surface area contributed by atoms with Crippen molar-refractivity contribution in [2.75, 3.05) is 32.1 Å². The van der Waals surface area contributed by atoms with Crippen molar-refractivity contribution in [3.05, 3.63) is 0 Å². The third-order valence-electron chi connectivity index (χ3n) is 2.48. The Kier molecular flexibility index (Phi) is 6.00. The molecule has 1 saturated carbocycles. The van der Waals surface area contributed by atoms with E-state index in [0.29, 0.717) is 0 Å². The summed E-state index contributed by atoms with van der Waals surface area (Å²) in [6.45, 7) is 3.37.